The third kappa shape index (κ3) is 6.52. The number of benzene rings is 1. The molecule has 0 radical (unpaired) electrons. The highest BCUT2D eigenvalue weighted by Gasteiger charge is 2.04. The van der Waals surface area contributed by atoms with Crippen LogP contribution in [0.4, 0.5) is 0 Å². The summed E-state index contributed by atoms with van der Waals surface area (Å²) in [5.41, 5.74) is 0. The standard InChI is InChI=1S/C13H17NO4/c15-12(7-8-13(16)17)14-9-4-10-18-11-5-2-1-3-6-11/h1-3,5-6H,4,7-10H2,(H,14,15)(H,16,17). The Labute approximate surface area is 106 Å². The Hall–Kier alpha value is -2.04. The lowest BCUT2D eigenvalue weighted by molar-refractivity contribution is -0.138. The summed E-state index contributed by atoms with van der Waals surface area (Å²) < 4.78 is 5.44. The average Bonchev–Trinajstić information content (AvgIpc) is 2.37. The van der Waals surface area contributed by atoms with Gasteiger partial charge >= 0.3 is 5.97 Å². The lowest BCUT2D eigenvalue weighted by atomic mass is 10.3. The van der Waals surface area contributed by atoms with Gasteiger partial charge in [0.1, 0.15) is 5.75 Å². The number of rotatable bonds is 8. The highest BCUT2D eigenvalue weighted by Crippen LogP contribution is 2.07. The smallest absolute Gasteiger partial charge is 0.303 e. The predicted molar refractivity (Wildman–Crippen MR) is 66.4 cm³/mol. The van der Waals surface area contributed by atoms with Crippen LogP contribution in [0.15, 0.2) is 30.3 Å². The number of hydrogen-bond donors (Lipinski definition) is 2. The van der Waals surface area contributed by atoms with Crippen LogP contribution in [0.1, 0.15) is 19.3 Å². The van der Waals surface area contributed by atoms with Gasteiger partial charge in [0, 0.05) is 13.0 Å². The predicted octanol–water partition coefficient (Wildman–Crippen LogP) is 1.44. The van der Waals surface area contributed by atoms with Crippen molar-refractivity contribution in [3.63, 3.8) is 0 Å². The number of carbonyl (C=O) groups is 2. The zero-order valence-electron chi connectivity index (χ0n) is 10.1. The first-order valence-electron chi connectivity index (χ1n) is 5.85. The van der Waals surface area contributed by atoms with Crippen molar-refractivity contribution < 1.29 is 19.4 Å². The molecule has 1 amide bonds. The highest BCUT2D eigenvalue weighted by atomic mass is 16.5. The Kier molecular flexibility index (Phi) is 6.32. The molecule has 0 saturated heterocycles. The normalized spacial score (nSPS) is 9.78. The van der Waals surface area contributed by atoms with Gasteiger partial charge in [0.2, 0.25) is 5.91 Å². The van der Waals surface area contributed by atoms with Crippen LogP contribution in [-0.2, 0) is 9.59 Å². The van der Waals surface area contributed by atoms with E-state index in [1.54, 1.807) is 0 Å². The van der Waals surface area contributed by atoms with Crippen molar-refractivity contribution in [1.82, 2.24) is 5.32 Å². The van der Waals surface area contributed by atoms with Crippen molar-refractivity contribution in [2.45, 2.75) is 19.3 Å². The van der Waals surface area contributed by atoms with E-state index in [9.17, 15) is 9.59 Å². The van der Waals surface area contributed by atoms with E-state index in [4.69, 9.17) is 9.84 Å². The second-order valence-electron chi connectivity index (χ2n) is 3.76. The van der Waals surface area contributed by atoms with Gasteiger partial charge in [-0.05, 0) is 18.6 Å². The van der Waals surface area contributed by atoms with Gasteiger partial charge in [-0.15, -0.1) is 0 Å². The lowest BCUT2D eigenvalue weighted by Gasteiger charge is -2.06. The molecule has 0 aliphatic carbocycles. The molecule has 0 atom stereocenters. The van der Waals surface area contributed by atoms with Crippen LogP contribution in [-0.4, -0.2) is 30.1 Å². The molecule has 1 aromatic rings. The number of nitrogens with one attached hydrogen (secondary N) is 1. The first-order valence-corrected chi connectivity index (χ1v) is 5.85. The largest absolute Gasteiger partial charge is 0.494 e. The first kappa shape index (κ1) is 14.0. The van der Waals surface area contributed by atoms with E-state index in [2.05, 4.69) is 5.32 Å². The molecule has 98 valence electrons. The molecule has 0 saturated carbocycles. The topological polar surface area (TPSA) is 75.6 Å². The number of carbonyl (C=O) groups excluding carboxylic acids is 1. The third-order valence-corrected chi connectivity index (χ3v) is 2.22. The minimum atomic E-state index is -0.961. The van der Waals surface area contributed by atoms with Gasteiger partial charge in [-0.2, -0.15) is 0 Å². The van der Waals surface area contributed by atoms with E-state index in [0.29, 0.717) is 19.6 Å². The minimum Gasteiger partial charge on any atom is -0.494 e. The van der Waals surface area contributed by atoms with Gasteiger partial charge < -0.3 is 15.2 Å². The maximum atomic E-state index is 11.2. The zero-order chi connectivity index (χ0) is 13.2. The number of ether oxygens (including phenoxy) is 1. The highest BCUT2D eigenvalue weighted by molar-refractivity contribution is 5.80. The molecule has 0 bridgehead atoms. The van der Waals surface area contributed by atoms with Crippen molar-refractivity contribution in [2.75, 3.05) is 13.2 Å². The van der Waals surface area contributed by atoms with Gasteiger partial charge in [-0.25, -0.2) is 0 Å². The summed E-state index contributed by atoms with van der Waals surface area (Å²) in [5, 5.41) is 11.0. The molecule has 5 heteroatoms. The Morgan fingerprint density at radius 3 is 2.56 bits per heavy atom. The SMILES string of the molecule is O=C(O)CCC(=O)NCCCOc1ccccc1. The second kappa shape index (κ2) is 8.11. The molecular formula is C13H17NO4. The maximum Gasteiger partial charge on any atom is 0.303 e. The van der Waals surface area contributed by atoms with Crippen LogP contribution in [0.25, 0.3) is 0 Å². The first-order chi connectivity index (χ1) is 8.68. The van der Waals surface area contributed by atoms with Crippen LogP contribution in [0, 0.1) is 0 Å². The number of para-hydroxylation sites is 1. The molecule has 0 fully saturated rings. The Morgan fingerprint density at radius 2 is 1.89 bits per heavy atom. The number of carboxylic acid groups (broad SMARTS) is 1. The number of carboxylic acids is 1. The Bertz CT molecular complexity index is 378. The molecule has 1 rings (SSSR count). The molecule has 0 spiro atoms. The third-order valence-electron chi connectivity index (χ3n) is 2.22. The van der Waals surface area contributed by atoms with Gasteiger partial charge in [0.05, 0.1) is 13.0 Å². The zero-order valence-corrected chi connectivity index (χ0v) is 10.1. The molecular weight excluding hydrogens is 234 g/mol. The average molecular weight is 251 g/mol. The molecule has 1 aromatic carbocycles. The van der Waals surface area contributed by atoms with Crippen molar-refractivity contribution in [3.05, 3.63) is 30.3 Å². The fraction of sp³-hybridized carbons (Fsp3) is 0.385. The number of hydrogen-bond acceptors (Lipinski definition) is 3. The number of amides is 1. The summed E-state index contributed by atoms with van der Waals surface area (Å²) in [5.74, 6) is -0.399. The van der Waals surface area contributed by atoms with E-state index in [-0.39, 0.29) is 18.7 Å². The molecule has 0 heterocycles. The van der Waals surface area contributed by atoms with E-state index in [0.717, 1.165) is 5.75 Å². The van der Waals surface area contributed by atoms with Gasteiger partial charge in [0.25, 0.3) is 0 Å². The fourth-order valence-electron chi connectivity index (χ4n) is 1.32. The molecule has 2 N–H and O–H groups in total. The van der Waals surface area contributed by atoms with E-state index >= 15 is 0 Å². The van der Waals surface area contributed by atoms with Crippen LogP contribution in [0.2, 0.25) is 0 Å². The van der Waals surface area contributed by atoms with Crippen LogP contribution < -0.4 is 10.1 Å². The van der Waals surface area contributed by atoms with Gasteiger partial charge in [0.15, 0.2) is 0 Å². The van der Waals surface area contributed by atoms with Crippen LogP contribution >= 0.6 is 0 Å². The molecule has 5 nitrogen and oxygen atoms in total. The Balaban J connectivity index is 2.02. The maximum absolute atomic E-state index is 11.2. The van der Waals surface area contributed by atoms with Crippen molar-refractivity contribution in [2.24, 2.45) is 0 Å². The molecule has 0 unspecified atom stereocenters. The molecule has 0 aromatic heterocycles. The summed E-state index contributed by atoms with van der Waals surface area (Å²) >= 11 is 0. The number of aliphatic carboxylic acids is 1. The molecule has 0 aliphatic rings. The van der Waals surface area contributed by atoms with Gasteiger partial charge in [-0.1, -0.05) is 18.2 Å². The van der Waals surface area contributed by atoms with E-state index < -0.39 is 5.97 Å². The van der Waals surface area contributed by atoms with E-state index in [1.165, 1.54) is 0 Å². The van der Waals surface area contributed by atoms with E-state index in [1.807, 2.05) is 30.3 Å². The second-order valence-corrected chi connectivity index (χ2v) is 3.76. The fourth-order valence-corrected chi connectivity index (χ4v) is 1.32. The minimum absolute atomic E-state index is 0.0227. The monoisotopic (exact) mass is 251 g/mol. The molecule has 0 aliphatic heterocycles. The summed E-state index contributed by atoms with van der Waals surface area (Å²) in [4.78, 5) is 21.4. The summed E-state index contributed by atoms with van der Waals surface area (Å²) in [7, 11) is 0. The quantitative estimate of drug-likeness (QED) is 0.685. The molecule has 18 heavy (non-hydrogen) atoms. The van der Waals surface area contributed by atoms with Crippen LogP contribution in [0.5, 0.6) is 5.75 Å². The summed E-state index contributed by atoms with van der Waals surface area (Å²) in [6, 6.07) is 9.43. The van der Waals surface area contributed by atoms with Crippen molar-refractivity contribution in [1.29, 1.82) is 0 Å². The van der Waals surface area contributed by atoms with Crippen LogP contribution in [0.3, 0.4) is 0 Å². The van der Waals surface area contributed by atoms with Crippen molar-refractivity contribution in [3.8, 4) is 5.75 Å². The van der Waals surface area contributed by atoms with Gasteiger partial charge in [-0.3, -0.25) is 9.59 Å². The lowest BCUT2D eigenvalue weighted by Crippen LogP contribution is -2.25. The summed E-state index contributed by atoms with van der Waals surface area (Å²) in [6.45, 7) is 1.01. The van der Waals surface area contributed by atoms with Crippen molar-refractivity contribution >= 4 is 11.9 Å². The summed E-state index contributed by atoms with van der Waals surface area (Å²) in [6.07, 6.45) is 0.578. The Morgan fingerprint density at radius 1 is 1.17 bits per heavy atom.